The van der Waals surface area contributed by atoms with E-state index in [9.17, 15) is 27.2 Å². The van der Waals surface area contributed by atoms with Crippen molar-refractivity contribution in [2.45, 2.75) is 57.2 Å². The standard InChI is InChI=1S/C21H21F4N5O4S/c1-2-14-11(12-8-27-30-9-10(34-19(22)23)7-26-17(12)30)6-15(35-14)18(31)29-16-13(28-20(32)33)4-3-5-21(16,24)25/h6-9,13,16,19,28H,2-5H2,1H3,(H,29,31)(H,32,33)/t13-,16-/m1/s1. The third kappa shape index (κ3) is 5.16. The van der Waals surface area contributed by atoms with Crippen molar-refractivity contribution in [1.29, 1.82) is 0 Å². The molecule has 35 heavy (non-hydrogen) atoms. The average Bonchev–Trinajstić information content (AvgIpc) is 3.38. The van der Waals surface area contributed by atoms with Gasteiger partial charge in [-0.2, -0.15) is 13.9 Å². The minimum atomic E-state index is -3.28. The Morgan fingerprint density at radius 2 is 2.09 bits per heavy atom. The van der Waals surface area contributed by atoms with Gasteiger partial charge in [-0.15, -0.1) is 11.3 Å². The molecule has 0 bridgehead atoms. The first-order valence-electron chi connectivity index (χ1n) is 10.7. The molecule has 3 aromatic rings. The van der Waals surface area contributed by atoms with Crippen LogP contribution < -0.4 is 15.4 Å². The molecule has 0 radical (unpaired) electrons. The van der Waals surface area contributed by atoms with Crippen molar-refractivity contribution in [3.63, 3.8) is 0 Å². The molecule has 3 aromatic heterocycles. The van der Waals surface area contributed by atoms with Gasteiger partial charge in [0.15, 0.2) is 11.4 Å². The second-order valence-corrected chi connectivity index (χ2v) is 9.09. The lowest BCUT2D eigenvalue weighted by Crippen LogP contribution is -2.61. The van der Waals surface area contributed by atoms with Gasteiger partial charge in [0.05, 0.1) is 29.5 Å². The molecule has 2 atom stereocenters. The van der Waals surface area contributed by atoms with E-state index in [0.29, 0.717) is 23.2 Å². The van der Waals surface area contributed by atoms with Crippen molar-refractivity contribution in [2.75, 3.05) is 0 Å². The van der Waals surface area contributed by atoms with Gasteiger partial charge < -0.3 is 20.5 Å². The maximum absolute atomic E-state index is 14.6. The maximum Gasteiger partial charge on any atom is 0.404 e. The molecule has 0 aromatic carbocycles. The highest BCUT2D eigenvalue weighted by Gasteiger charge is 2.48. The number of carbonyl (C=O) groups is 2. The summed E-state index contributed by atoms with van der Waals surface area (Å²) in [6.07, 6.45) is 2.73. The number of nitrogens with zero attached hydrogens (tertiary/aromatic N) is 3. The number of nitrogens with one attached hydrogen (secondary N) is 2. The van der Waals surface area contributed by atoms with Gasteiger partial charge in [0.25, 0.3) is 11.8 Å². The van der Waals surface area contributed by atoms with Crippen molar-refractivity contribution in [2.24, 2.45) is 0 Å². The molecule has 0 saturated heterocycles. The highest BCUT2D eigenvalue weighted by molar-refractivity contribution is 7.14. The largest absolute Gasteiger partial charge is 0.465 e. The van der Waals surface area contributed by atoms with E-state index in [2.05, 4.69) is 25.5 Å². The summed E-state index contributed by atoms with van der Waals surface area (Å²) in [6, 6.07) is -1.29. The number of hydrogen-bond donors (Lipinski definition) is 3. The second kappa shape index (κ2) is 9.68. The van der Waals surface area contributed by atoms with Crippen molar-refractivity contribution >= 4 is 29.0 Å². The number of amides is 2. The number of thiophene rings is 1. The minimum Gasteiger partial charge on any atom is -0.465 e. The fourth-order valence-corrected chi connectivity index (χ4v) is 5.17. The molecule has 2 amide bonds. The maximum atomic E-state index is 14.6. The van der Waals surface area contributed by atoms with E-state index in [0.717, 1.165) is 22.4 Å². The van der Waals surface area contributed by atoms with Crippen molar-refractivity contribution in [3.05, 3.63) is 34.4 Å². The number of aromatic nitrogens is 3. The van der Waals surface area contributed by atoms with Gasteiger partial charge in [-0.25, -0.2) is 23.1 Å². The normalized spacial score (nSPS) is 19.6. The molecule has 14 heteroatoms. The summed E-state index contributed by atoms with van der Waals surface area (Å²) >= 11 is 1.11. The number of carbonyl (C=O) groups excluding carboxylic acids is 1. The zero-order valence-corrected chi connectivity index (χ0v) is 19.1. The Balaban J connectivity index is 1.62. The lowest BCUT2D eigenvalue weighted by atomic mass is 9.87. The van der Waals surface area contributed by atoms with Gasteiger partial charge in [0.1, 0.15) is 6.04 Å². The van der Waals surface area contributed by atoms with E-state index in [1.54, 1.807) is 0 Å². The summed E-state index contributed by atoms with van der Waals surface area (Å²) in [5.41, 5.74) is 1.45. The van der Waals surface area contributed by atoms with Crippen LogP contribution in [0.5, 0.6) is 5.75 Å². The number of ether oxygens (including phenoxy) is 1. The molecule has 1 aliphatic carbocycles. The van der Waals surface area contributed by atoms with Crippen LogP contribution in [-0.2, 0) is 6.42 Å². The number of carboxylic acid groups (broad SMARTS) is 1. The third-order valence-corrected chi connectivity index (χ3v) is 6.96. The fraction of sp³-hybridized carbons (Fsp3) is 0.429. The molecule has 3 N–H and O–H groups in total. The molecular formula is C21H21F4N5O4S. The van der Waals surface area contributed by atoms with E-state index in [4.69, 9.17) is 5.11 Å². The number of alkyl halides is 4. The number of aryl methyl sites for hydroxylation is 1. The number of hydrogen-bond acceptors (Lipinski definition) is 6. The average molecular weight is 515 g/mol. The summed E-state index contributed by atoms with van der Waals surface area (Å²) in [4.78, 5) is 29.1. The van der Waals surface area contributed by atoms with E-state index in [1.165, 1.54) is 23.0 Å². The first-order valence-corrected chi connectivity index (χ1v) is 11.5. The molecule has 188 valence electrons. The SMILES string of the molecule is CCc1sc(C(=O)N[C@@H]2[C@H](NC(=O)O)CCCC2(F)F)cc1-c1cnn2cc(OC(F)F)cnc12. The predicted octanol–water partition coefficient (Wildman–Crippen LogP) is 4.18. The number of rotatable bonds is 7. The van der Waals surface area contributed by atoms with E-state index in [-0.39, 0.29) is 23.5 Å². The van der Waals surface area contributed by atoms with Gasteiger partial charge in [-0.1, -0.05) is 6.92 Å². The molecule has 9 nitrogen and oxygen atoms in total. The van der Waals surface area contributed by atoms with Gasteiger partial charge in [0, 0.05) is 22.4 Å². The van der Waals surface area contributed by atoms with Gasteiger partial charge >= 0.3 is 12.7 Å². The molecule has 1 fully saturated rings. The van der Waals surface area contributed by atoms with Crippen LogP contribution >= 0.6 is 11.3 Å². The van der Waals surface area contributed by atoms with E-state index >= 15 is 0 Å². The first kappa shape index (κ1) is 24.7. The molecule has 4 rings (SSSR count). The van der Waals surface area contributed by atoms with E-state index < -0.39 is 43.0 Å². The Kier molecular flexibility index (Phi) is 6.83. The Hall–Kier alpha value is -3.42. The van der Waals surface area contributed by atoms with Gasteiger partial charge in [-0.05, 0) is 25.3 Å². The lowest BCUT2D eigenvalue weighted by molar-refractivity contribution is -0.0711. The first-order chi connectivity index (χ1) is 16.6. The van der Waals surface area contributed by atoms with Crippen LogP contribution in [0.25, 0.3) is 16.8 Å². The highest BCUT2D eigenvalue weighted by Crippen LogP contribution is 2.37. The van der Waals surface area contributed by atoms with Crippen LogP contribution in [0.1, 0.15) is 40.7 Å². The van der Waals surface area contributed by atoms with Crippen LogP contribution in [0.3, 0.4) is 0 Å². The van der Waals surface area contributed by atoms with Crippen molar-refractivity contribution < 1.29 is 37.0 Å². The summed E-state index contributed by atoms with van der Waals surface area (Å²) in [6.45, 7) is -1.16. The zero-order valence-electron chi connectivity index (χ0n) is 18.3. The minimum absolute atomic E-state index is 0.124. The molecule has 3 heterocycles. The summed E-state index contributed by atoms with van der Waals surface area (Å²) in [5.74, 6) is -4.21. The van der Waals surface area contributed by atoms with Gasteiger partial charge in [0.2, 0.25) is 0 Å². The summed E-state index contributed by atoms with van der Waals surface area (Å²) in [7, 11) is 0. The van der Waals surface area contributed by atoms with E-state index in [1.807, 2.05) is 6.92 Å². The van der Waals surface area contributed by atoms with Crippen molar-refractivity contribution in [1.82, 2.24) is 25.2 Å². The number of fused-ring (bicyclic) bond motifs is 1. The van der Waals surface area contributed by atoms with Crippen LogP contribution in [0.2, 0.25) is 0 Å². The van der Waals surface area contributed by atoms with Crippen LogP contribution in [0, 0.1) is 0 Å². The second-order valence-electron chi connectivity index (χ2n) is 7.96. The van der Waals surface area contributed by atoms with Crippen molar-refractivity contribution in [3.8, 4) is 16.9 Å². The fourth-order valence-electron chi connectivity index (χ4n) is 4.15. The summed E-state index contributed by atoms with van der Waals surface area (Å²) < 4.78 is 59.7. The van der Waals surface area contributed by atoms with Crippen LogP contribution in [-0.4, -0.2) is 56.3 Å². The van der Waals surface area contributed by atoms with Crippen LogP contribution in [0.4, 0.5) is 22.4 Å². The smallest absolute Gasteiger partial charge is 0.404 e. The Bertz CT molecular complexity index is 1250. The molecule has 0 unspecified atom stereocenters. The number of halogens is 4. The third-order valence-electron chi connectivity index (χ3n) is 5.68. The summed E-state index contributed by atoms with van der Waals surface area (Å²) in [5, 5.41) is 17.5. The molecule has 0 aliphatic heterocycles. The Morgan fingerprint density at radius 1 is 1.31 bits per heavy atom. The molecule has 0 spiro atoms. The Morgan fingerprint density at radius 3 is 2.77 bits per heavy atom. The predicted molar refractivity (Wildman–Crippen MR) is 117 cm³/mol. The van der Waals surface area contributed by atoms with Crippen LogP contribution in [0.15, 0.2) is 24.7 Å². The molecular weight excluding hydrogens is 494 g/mol. The monoisotopic (exact) mass is 515 g/mol. The lowest BCUT2D eigenvalue weighted by Gasteiger charge is -2.38. The zero-order chi connectivity index (χ0) is 25.3. The molecule has 1 saturated carbocycles. The molecule has 1 aliphatic rings. The van der Waals surface area contributed by atoms with Gasteiger partial charge in [-0.3, -0.25) is 4.79 Å². The highest BCUT2D eigenvalue weighted by atomic mass is 32.1. The Labute approximate surface area is 200 Å². The quantitative estimate of drug-likeness (QED) is 0.407. The topological polar surface area (TPSA) is 118 Å².